The molecule has 81 heavy (non-hydrogen) atoms. The number of hydrogen-bond donors (Lipinski definition) is 0. The molecule has 0 aliphatic heterocycles. The molecule has 0 amide bonds. The Kier molecular flexibility index (Phi) is 67.1. The molecule has 1 atom stereocenters. The van der Waals surface area contributed by atoms with Gasteiger partial charge in [-0.25, -0.2) is 0 Å². The maximum Gasteiger partial charge on any atom is 0.306 e. The van der Waals surface area contributed by atoms with Crippen LogP contribution in [-0.2, 0) is 28.6 Å². The van der Waals surface area contributed by atoms with E-state index in [1.54, 1.807) is 0 Å². The van der Waals surface area contributed by atoms with Gasteiger partial charge in [-0.05, 0) is 89.9 Å². The molecular weight excluding hydrogens is 997 g/mol. The van der Waals surface area contributed by atoms with E-state index in [9.17, 15) is 14.4 Å². The van der Waals surface area contributed by atoms with Crippen molar-refractivity contribution in [3.05, 3.63) is 60.8 Å². The van der Waals surface area contributed by atoms with Crippen molar-refractivity contribution in [3.63, 3.8) is 0 Å². The van der Waals surface area contributed by atoms with Gasteiger partial charge >= 0.3 is 17.9 Å². The summed E-state index contributed by atoms with van der Waals surface area (Å²) in [4.78, 5) is 38.0. The van der Waals surface area contributed by atoms with Crippen LogP contribution in [0.5, 0.6) is 0 Å². The summed E-state index contributed by atoms with van der Waals surface area (Å²) >= 11 is 0. The molecule has 0 aliphatic rings. The first-order valence-corrected chi connectivity index (χ1v) is 35.8. The fourth-order valence-corrected chi connectivity index (χ4v) is 10.6. The SMILES string of the molecule is CCCCCCC/C=C\C/C=C\C/C=C\CCCCCCCCCCCCCCCCCCCCC(=O)OCC(COC(=O)CCCCCCC)OC(=O)CCCCCCCCCCCCCCC/C=C\C/C=C\CCCCCCC. The van der Waals surface area contributed by atoms with Crippen molar-refractivity contribution in [2.45, 2.75) is 386 Å². The molecule has 0 bridgehead atoms. The van der Waals surface area contributed by atoms with E-state index in [1.165, 1.54) is 257 Å². The first-order chi connectivity index (χ1) is 40.0. The summed E-state index contributed by atoms with van der Waals surface area (Å²) in [5.74, 6) is -0.864. The van der Waals surface area contributed by atoms with Crippen LogP contribution >= 0.6 is 0 Å². The maximum absolute atomic E-state index is 12.9. The third kappa shape index (κ3) is 67.8. The predicted octanol–water partition coefficient (Wildman–Crippen LogP) is 24.7. The molecule has 6 nitrogen and oxygen atoms in total. The van der Waals surface area contributed by atoms with Gasteiger partial charge in [-0.2, -0.15) is 0 Å². The molecule has 0 saturated carbocycles. The molecule has 0 aromatic heterocycles. The van der Waals surface area contributed by atoms with Crippen molar-refractivity contribution in [1.82, 2.24) is 0 Å². The summed E-state index contributed by atoms with van der Waals surface area (Å²) in [6.07, 6.45) is 90.3. The average molecular weight is 1130 g/mol. The van der Waals surface area contributed by atoms with E-state index in [1.807, 2.05) is 0 Å². The van der Waals surface area contributed by atoms with Crippen LogP contribution in [0, 0.1) is 0 Å². The Balaban J connectivity index is 3.93. The van der Waals surface area contributed by atoms with Gasteiger partial charge in [-0.1, -0.05) is 332 Å². The van der Waals surface area contributed by atoms with E-state index in [0.29, 0.717) is 19.3 Å². The number of rotatable bonds is 66. The van der Waals surface area contributed by atoms with Gasteiger partial charge in [0.05, 0.1) is 0 Å². The zero-order chi connectivity index (χ0) is 58.5. The van der Waals surface area contributed by atoms with E-state index in [-0.39, 0.29) is 31.1 Å². The summed E-state index contributed by atoms with van der Waals surface area (Å²) in [6.45, 7) is 6.59. The van der Waals surface area contributed by atoms with Gasteiger partial charge in [0.2, 0.25) is 0 Å². The Labute approximate surface area is 504 Å². The number of ether oxygens (including phenoxy) is 3. The smallest absolute Gasteiger partial charge is 0.306 e. The number of carbonyl (C=O) groups excluding carboxylic acids is 3. The lowest BCUT2D eigenvalue weighted by Gasteiger charge is -2.18. The Morgan fingerprint density at radius 2 is 0.444 bits per heavy atom. The minimum Gasteiger partial charge on any atom is -0.462 e. The molecule has 0 N–H and O–H groups in total. The highest BCUT2D eigenvalue weighted by atomic mass is 16.6. The molecule has 6 heteroatoms. The lowest BCUT2D eigenvalue weighted by Crippen LogP contribution is -2.30. The van der Waals surface area contributed by atoms with E-state index in [4.69, 9.17) is 14.2 Å². The highest BCUT2D eigenvalue weighted by Gasteiger charge is 2.19. The first kappa shape index (κ1) is 78.1. The van der Waals surface area contributed by atoms with Gasteiger partial charge in [0, 0.05) is 19.3 Å². The monoisotopic (exact) mass is 1130 g/mol. The van der Waals surface area contributed by atoms with Crippen molar-refractivity contribution < 1.29 is 28.6 Å². The minimum atomic E-state index is -0.770. The Hall–Kier alpha value is -2.89. The van der Waals surface area contributed by atoms with E-state index in [0.717, 1.165) is 83.5 Å². The van der Waals surface area contributed by atoms with Gasteiger partial charge < -0.3 is 14.2 Å². The molecule has 0 fully saturated rings. The van der Waals surface area contributed by atoms with Gasteiger partial charge in [-0.15, -0.1) is 0 Å². The van der Waals surface area contributed by atoms with Gasteiger partial charge in [-0.3, -0.25) is 14.4 Å². The van der Waals surface area contributed by atoms with Gasteiger partial charge in [0.15, 0.2) is 6.10 Å². The normalized spacial score (nSPS) is 12.4. The van der Waals surface area contributed by atoms with E-state index in [2.05, 4.69) is 81.5 Å². The first-order valence-electron chi connectivity index (χ1n) is 35.8. The zero-order valence-corrected chi connectivity index (χ0v) is 54.3. The molecule has 0 rings (SSSR count). The number of carbonyl (C=O) groups is 3. The molecule has 472 valence electrons. The van der Waals surface area contributed by atoms with Crippen LogP contribution in [0.25, 0.3) is 0 Å². The van der Waals surface area contributed by atoms with E-state index < -0.39 is 6.10 Å². The summed E-state index contributed by atoms with van der Waals surface area (Å²) in [6, 6.07) is 0. The summed E-state index contributed by atoms with van der Waals surface area (Å²) < 4.78 is 16.8. The third-order valence-corrected chi connectivity index (χ3v) is 16.0. The zero-order valence-electron chi connectivity index (χ0n) is 54.3. The van der Waals surface area contributed by atoms with Crippen molar-refractivity contribution >= 4 is 17.9 Å². The molecule has 0 aliphatic carbocycles. The number of esters is 3. The van der Waals surface area contributed by atoms with Crippen molar-refractivity contribution in [2.24, 2.45) is 0 Å². The fraction of sp³-hybridized carbons (Fsp3) is 0.827. The minimum absolute atomic E-state index is 0.0703. The highest BCUT2D eigenvalue weighted by molar-refractivity contribution is 5.71. The number of unbranched alkanes of at least 4 members (excludes halogenated alkanes) is 45. The van der Waals surface area contributed by atoms with Crippen molar-refractivity contribution in [3.8, 4) is 0 Å². The molecule has 0 aromatic rings. The number of hydrogen-bond acceptors (Lipinski definition) is 6. The second-order valence-corrected chi connectivity index (χ2v) is 24.1. The molecule has 0 saturated heterocycles. The van der Waals surface area contributed by atoms with Crippen LogP contribution in [0.15, 0.2) is 60.8 Å². The van der Waals surface area contributed by atoms with Crippen molar-refractivity contribution in [2.75, 3.05) is 13.2 Å². The molecule has 0 aromatic carbocycles. The lowest BCUT2D eigenvalue weighted by molar-refractivity contribution is -0.167. The Bertz CT molecular complexity index is 1440. The second kappa shape index (κ2) is 69.6. The molecule has 0 radical (unpaired) electrons. The summed E-state index contributed by atoms with van der Waals surface area (Å²) in [5, 5.41) is 0. The molecule has 0 spiro atoms. The van der Waals surface area contributed by atoms with Crippen LogP contribution in [-0.4, -0.2) is 37.2 Å². The lowest BCUT2D eigenvalue weighted by atomic mass is 10.0. The molecule has 1 unspecified atom stereocenters. The van der Waals surface area contributed by atoms with Crippen LogP contribution in [0.1, 0.15) is 380 Å². The van der Waals surface area contributed by atoms with Crippen molar-refractivity contribution in [1.29, 1.82) is 0 Å². The third-order valence-electron chi connectivity index (χ3n) is 16.0. The van der Waals surface area contributed by atoms with Crippen LogP contribution < -0.4 is 0 Å². The predicted molar refractivity (Wildman–Crippen MR) is 353 cm³/mol. The van der Waals surface area contributed by atoms with Gasteiger partial charge in [0.25, 0.3) is 0 Å². The largest absolute Gasteiger partial charge is 0.462 e. The Morgan fingerprint density at radius 3 is 0.691 bits per heavy atom. The van der Waals surface area contributed by atoms with Crippen LogP contribution in [0.3, 0.4) is 0 Å². The fourth-order valence-electron chi connectivity index (χ4n) is 10.6. The summed E-state index contributed by atoms with van der Waals surface area (Å²) in [7, 11) is 0. The van der Waals surface area contributed by atoms with Crippen LogP contribution in [0.2, 0.25) is 0 Å². The van der Waals surface area contributed by atoms with Gasteiger partial charge in [0.1, 0.15) is 13.2 Å². The summed E-state index contributed by atoms with van der Waals surface area (Å²) in [5.41, 5.74) is 0. The molecule has 0 heterocycles. The Morgan fingerprint density at radius 1 is 0.247 bits per heavy atom. The number of allylic oxidation sites excluding steroid dienone is 10. The maximum atomic E-state index is 12.9. The molecular formula is C75H136O6. The van der Waals surface area contributed by atoms with E-state index >= 15 is 0 Å². The highest BCUT2D eigenvalue weighted by Crippen LogP contribution is 2.18. The topological polar surface area (TPSA) is 78.9 Å². The standard InChI is InChI=1S/C75H136O6/c1-4-7-10-13-15-17-19-21-23-25-27-29-31-33-34-35-36-37-38-39-40-42-43-45-47-49-51-53-55-57-59-62-65-68-74(77)80-71-72(70-79-73(76)67-64-61-12-9-6-3)81-75(78)69-66-63-60-58-56-54-52-50-48-46-44-41-32-30-28-26-24-22-20-18-16-14-11-8-5-2/h19-22,25-28,31,33,72H,4-18,23-24,29-30,32,34-71H2,1-3H3/b21-19-,22-20-,27-25-,28-26-,33-31-. The average Bonchev–Trinajstić information content (AvgIpc) is 3.47. The quantitative estimate of drug-likeness (QED) is 0.0261. The van der Waals surface area contributed by atoms with Crippen LogP contribution in [0.4, 0.5) is 0 Å². The second-order valence-electron chi connectivity index (χ2n) is 24.1.